The summed E-state index contributed by atoms with van der Waals surface area (Å²) < 4.78 is 5.69. The van der Waals surface area contributed by atoms with E-state index in [1.165, 1.54) is 0 Å². The molecule has 0 aliphatic carbocycles. The normalized spacial score (nSPS) is 10.6. The van der Waals surface area contributed by atoms with Crippen LogP contribution < -0.4 is 4.74 Å². The highest BCUT2D eigenvalue weighted by Gasteiger charge is 2.05. The van der Waals surface area contributed by atoms with Gasteiger partial charge in [0.1, 0.15) is 5.75 Å². The van der Waals surface area contributed by atoms with Gasteiger partial charge in [-0.2, -0.15) is 5.10 Å². The Hall–Kier alpha value is -1.32. The lowest BCUT2D eigenvalue weighted by Gasteiger charge is -2.09. The molecular formula is C15H16Cl2N2O. The predicted molar refractivity (Wildman–Crippen MR) is 81.7 cm³/mol. The van der Waals surface area contributed by atoms with Crippen LogP contribution in [0, 0.1) is 0 Å². The average Bonchev–Trinajstić information content (AvgIpc) is 2.45. The molecular weight excluding hydrogens is 295 g/mol. The second-order valence-corrected chi connectivity index (χ2v) is 5.29. The fraction of sp³-hybridized carbons (Fsp3) is 0.333. The van der Waals surface area contributed by atoms with Crippen molar-refractivity contribution in [3.63, 3.8) is 0 Å². The SMILES string of the molecule is CCCCOc1cc(Cc2ccc(Cl)nn2)ccc1Cl. The van der Waals surface area contributed by atoms with E-state index in [0.29, 0.717) is 23.2 Å². The molecule has 5 heteroatoms. The smallest absolute Gasteiger partial charge is 0.151 e. The van der Waals surface area contributed by atoms with Crippen molar-refractivity contribution in [1.29, 1.82) is 0 Å². The third kappa shape index (κ3) is 4.36. The van der Waals surface area contributed by atoms with Crippen LogP contribution in [0.3, 0.4) is 0 Å². The highest BCUT2D eigenvalue weighted by molar-refractivity contribution is 6.32. The Morgan fingerprint density at radius 3 is 2.65 bits per heavy atom. The number of rotatable bonds is 6. The van der Waals surface area contributed by atoms with Crippen LogP contribution in [-0.4, -0.2) is 16.8 Å². The Balaban J connectivity index is 2.08. The highest BCUT2D eigenvalue weighted by atomic mass is 35.5. The molecule has 0 saturated carbocycles. The van der Waals surface area contributed by atoms with Crippen molar-refractivity contribution < 1.29 is 4.74 Å². The Kier molecular flexibility index (Phi) is 5.62. The van der Waals surface area contributed by atoms with Gasteiger partial charge >= 0.3 is 0 Å². The first kappa shape index (κ1) is 15.1. The topological polar surface area (TPSA) is 35.0 Å². The number of benzene rings is 1. The molecule has 0 amide bonds. The molecule has 1 heterocycles. The zero-order valence-electron chi connectivity index (χ0n) is 11.3. The monoisotopic (exact) mass is 310 g/mol. The van der Waals surface area contributed by atoms with Gasteiger partial charge in [-0.05, 0) is 36.2 Å². The third-order valence-electron chi connectivity index (χ3n) is 2.82. The van der Waals surface area contributed by atoms with Crippen LogP contribution in [-0.2, 0) is 6.42 Å². The van der Waals surface area contributed by atoms with Crippen LogP contribution in [0.25, 0.3) is 0 Å². The number of hydrogen-bond donors (Lipinski definition) is 0. The number of aromatic nitrogens is 2. The van der Waals surface area contributed by atoms with Crippen molar-refractivity contribution in [3.05, 3.63) is 51.8 Å². The number of halogens is 2. The summed E-state index contributed by atoms with van der Waals surface area (Å²) in [6, 6.07) is 9.36. The molecule has 0 radical (unpaired) electrons. The molecule has 3 nitrogen and oxygen atoms in total. The van der Waals surface area contributed by atoms with Gasteiger partial charge < -0.3 is 4.74 Å². The summed E-state index contributed by atoms with van der Waals surface area (Å²) in [6.07, 6.45) is 2.78. The summed E-state index contributed by atoms with van der Waals surface area (Å²) in [7, 11) is 0. The van der Waals surface area contributed by atoms with E-state index in [-0.39, 0.29) is 0 Å². The zero-order valence-corrected chi connectivity index (χ0v) is 12.8. The summed E-state index contributed by atoms with van der Waals surface area (Å²) >= 11 is 11.8. The number of hydrogen-bond acceptors (Lipinski definition) is 3. The van der Waals surface area contributed by atoms with Gasteiger partial charge in [0, 0.05) is 6.42 Å². The number of ether oxygens (including phenoxy) is 1. The van der Waals surface area contributed by atoms with Crippen molar-refractivity contribution in [2.24, 2.45) is 0 Å². The second-order valence-electron chi connectivity index (χ2n) is 4.49. The van der Waals surface area contributed by atoms with Crippen LogP contribution in [0.1, 0.15) is 31.0 Å². The van der Waals surface area contributed by atoms with Crippen LogP contribution in [0.4, 0.5) is 0 Å². The fourth-order valence-corrected chi connectivity index (χ4v) is 2.01. The maximum absolute atomic E-state index is 6.13. The van der Waals surface area contributed by atoms with E-state index >= 15 is 0 Å². The van der Waals surface area contributed by atoms with E-state index in [4.69, 9.17) is 27.9 Å². The second kappa shape index (κ2) is 7.46. The third-order valence-corrected chi connectivity index (χ3v) is 3.34. The average molecular weight is 311 g/mol. The standard InChI is InChI=1S/C15H16Cl2N2O/c1-2-3-8-20-14-10-11(4-6-13(14)16)9-12-5-7-15(17)19-18-12/h4-7,10H,2-3,8-9H2,1H3. The molecule has 0 aliphatic heterocycles. The van der Waals surface area contributed by atoms with Crippen LogP contribution in [0.15, 0.2) is 30.3 Å². The van der Waals surface area contributed by atoms with Crippen molar-refractivity contribution in [3.8, 4) is 5.75 Å². The van der Waals surface area contributed by atoms with Gasteiger partial charge in [0.2, 0.25) is 0 Å². The molecule has 2 rings (SSSR count). The molecule has 106 valence electrons. The molecule has 0 unspecified atom stereocenters. The van der Waals surface area contributed by atoms with Crippen molar-refractivity contribution in [2.75, 3.05) is 6.61 Å². The van der Waals surface area contributed by atoms with E-state index in [0.717, 1.165) is 29.8 Å². The van der Waals surface area contributed by atoms with Gasteiger partial charge in [0.25, 0.3) is 0 Å². The molecule has 0 atom stereocenters. The largest absolute Gasteiger partial charge is 0.492 e. The summed E-state index contributed by atoms with van der Waals surface area (Å²) in [5, 5.41) is 8.91. The highest BCUT2D eigenvalue weighted by Crippen LogP contribution is 2.26. The molecule has 0 N–H and O–H groups in total. The first-order valence-electron chi connectivity index (χ1n) is 6.58. The lowest BCUT2D eigenvalue weighted by Crippen LogP contribution is -1.99. The molecule has 1 aromatic carbocycles. The van der Waals surface area contributed by atoms with Crippen molar-refractivity contribution in [2.45, 2.75) is 26.2 Å². The van der Waals surface area contributed by atoms with E-state index in [9.17, 15) is 0 Å². The van der Waals surface area contributed by atoms with Gasteiger partial charge in [0.15, 0.2) is 5.15 Å². The minimum Gasteiger partial charge on any atom is -0.492 e. The Morgan fingerprint density at radius 1 is 1.10 bits per heavy atom. The molecule has 0 saturated heterocycles. The van der Waals surface area contributed by atoms with Crippen LogP contribution >= 0.6 is 23.2 Å². The number of nitrogens with zero attached hydrogens (tertiary/aromatic N) is 2. The summed E-state index contributed by atoms with van der Waals surface area (Å²) in [5.74, 6) is 0.722. The first-order chi connectivity index (χ1) is 9.69. The van der Waals surface area contributed by atoms with Crippen LogP contribution in [0.5, 0.6) is 5.75 Å². The van der Waals surface area contributed by atoms with Gasteiger partial charge in [-0.3, -0.25) is 0 Å². The van der Waals surface area contributed by atoms with Gasteiger partial charge in [0.05, 0.1) is 17.3 Å². The minimum absolute atomic E-state index is 0.397. The zero-order chi connectivity index (χ0) is 14.4. The quantitative estimate of drug-likeness (QED) is 0.734. The van der Waals surface area contributed by atoms with E-state index in [1.54, 1.807) is 6.07 Å². The van der Waals surface area contributed by atoms with Crippen LogP contribution in [0.2, 0.25) is 10.2 Å². The Labute approximate surface area is 128 Å². The first-order valence-corrected chi connectivity index (χ1v) is 7.34. The molecule has 20 heavy (non-hydrogen) atoms. The summed E-state index contributed by atoms with van der Waals surface area (Å²) in [6.45, 7) is 2.81. The Morgan fingerprint density at radius 2 is 1.95 bits per heavy atom. The van der Waals surface area contributed by atoms with Gasteiger partial charge in [-0.15, -0.1) is 5.10 Å². The Bertz CT molecular complexity index is 558. The summed E-state index contributed by atoms with van der Waals surface area (Å²) in [5.41, 5.74) is 1.94. The maximum atomic E-state index is 6.13. The van der Waals surface area contributed by atoms with E-state index < -0.39 is 0 Å². The fourth-order valence-electron chi connectivity index (χ4n) is 1.74. The lowest BCUT2D eigenvalue weighted by molar-refractivity contribution is 0.309. The predicted octanol–water partition coefficient (Wildman–Crippen LogP) is 4.55. The molecule has 1 aromatic heterocycles. The van der Waals surface area contributed by atoms with Crippen molar-refractivity contribution in [1.82, 2.24) is 10.2 Å². The number of unbranched alkanes of at least 4 members (excludes halogenated alkanes) is 1. The molecule has 0 aliphatic rings. The lowest BCUT2D eigenvalue weighted by atomic mass is 10.1. The minimum atomic E-state index is 0.397. The molecule has 0 spiro atoms. The summed E-state index contributed by atoms with van der Waals surface area (Å²) in [4.78, 5) is 0. The van der Waals surface area contributed by atoms with Crippen molar-refractivity contribution >= 4 is 23.2 Å². The van der Waals surface area contributed by atoms with Gasteiger partial charge in [-0.25, -0.2) is 0 Å². The molecule has 0 bridgehead atoms. The molecule has 0 fully saturated rings. The maximum Gasteiger partial charge on any atom is 0.151 e. The van der Waals surface area contributed by atoms with Gasteiger partial charge in [-0.1, -0.05) is 42.6 Å². The molecule has 2 aromatic rings. The van der Waals surface area contributed by atoms with E-state index in [1.807, 2.05) is 24.3 Å². The van der Waals surface area contributed by atoms with E-state index in [2.05, 4.69) is 17.1 Å².